The smallest absolute Gasteiger partial charge is 0.282 e. The number of anilines is 1. The Bertz CT molecular complexity index is 1610. The first-order chi connectivity index (χ1) is 18.9. The van der Waals surface area contributed by atoms with Crippen LogP contribution in [0.3, 0.4) is 0 Å². The van der Waals surface area contributed by atoms with Crippen LogP contribution in [0.4, 0.5) is 17.1 Å². The Morgan fingerprint density at radius 1 is 0.949 bits per heavy atom. The van der Waals surface area contributed by atoms with Gasteiger partial charge in [-0.25, -0.2) is 0 Å². The van der Waals surface area contributed by atoms with Gasteiger partial charge in [-0.15, -0.1) is 23.4 Å². The molecule has 1 N–H and O–H groups in total. The molecule has 4 aromatic rings. The van der Waals surface area contributed by atoms with E-state index in [2.05, 4.69) is 29.6 Å². The van der Waals surface area contributed by atoms with Crippen molar-refractivity contribution in [1.82, 2.24) is 0 Å². The number of methoxy groups -OCH3 is 1. The monoisotopic (exact) mass is 561 g/mol. The van der Waals surface area contributed by atoms with Crippen molar-refractivity contribution >= 4 is 51.2 Å². The number of alkyl halides is 1. The Morgan fingerprint density at radius 3 is 2.46 bits per heavy atom. The topological polar surface area (TPSA) is 108 Å². The van der Waals surface area contributed by atoms with Crippen molar-refractivity contribution in [3.63, 3.8) is 0 Å². The van der Waals surface area contributed by atoms with E-state index in [4.69, 9.17) is 16.3 Å². The second kappa shape index (κ2) is 10.1. The molecule has 0 bridgehead atoms. The summed E-state index contributed by atoms with van der Waals surface area (Å²) in [6.07, 6.45) is 0.668. The van der Waals surface area contributed by atoms with Gasteiger partial charge in [-0.2, -0.15) is 0 Å². The summed E-state index contributed by atoms with van der Waals surface area (Å²) in [6.45, 7) is 0. The van der Waals surface area contributed by atoms with Gasteiger partial charge in [-0.1, -0.05) is 54.6 Å². The van der Waals surface area contributed by atoms with Gasteiger partial charge >= 0.3 is 0 Å². The van der Waals surface area contributed by atoms with Crippen molar-refractivity contribution < 1.29 is 14.6 Å². The highest BCUT2D eigenvalue weighted by atomic mass is 35.5. The second-order valence-electron chi connectivity index (χ2n) is 9.81. The number of nitrogens with zero attached hydrogens (tertiary/aromatic N) is 2. The van der Waals surface area contributed by atoms with Gasteiger partial charge in [-0.3, -0.25) is 20.2 Å². The van der Waals surface area contributed by atoms with Crippen LogP contribution in [0.1, 0.15) is 29.5 Å². The van der Waals surface area contributed by atoms with Crippen LogP contribution in [0.2, 0.25) is 0 Å². The van der Waals surface area contributed by atoms with Crippen LogP contribution < -0.4 is 10.1 Å². The second-order valence-corrected chi connectivity index (χ2v) is 11.6. The van der Waals surface area contributed by atoms with Crippen LogP contribution in [-0.2, 0) is 0 Å². The molecule has 2 aliphatic rings. The number of nitrogens with one attached hydrogen (secondary N) is 1. The van der Waals surface area contributed by atoms with E-state index < -0.39 is 10.3 Å². The van der Waals surface area contributed by atoms with Gasteiger partial charge in [0, 0.05) is 23.3 Å². The van der Waals surface area contributed by atoms with Gasteiger partial charge in [0.15, 0.2) is 0 Å². The fourth-order valence-electron chi connectivity index (χ4n) is 6.14. The first-order valence-electron chi connectivity index (χ1n) is 12.5. The number of halogens is 1. The number of nitro groups is 2. The fourth-order valence-corrected chi connectivity index (χ4v) is 8.08. The van der Waals surface area contributed by atoms with Crippen LogP contribution >= 0.6 is 23.4 Å². The molecule has 198 valence electrons. The molecule has 0 amide bonds. The SMILES string of the molecule is COc1cc([N+](=O)[O-])cc2c1N[C@H](c1cccc3ccccc13)[C@@H]1C[C@H](Sc3ccccc3[N+](=O)[O-])[C@H](Cl)[C@H]21. The number of fused-ring (bicyclic) bond motifs is 4. The molecule has 0 aromatic heterocycles. The molecule has 39 heavy (non-hydrogen) atoms. The summed E-state index contributed by atoms with van der Waals surface area (Å²) in [5.41, 5.74) is 2.53. The number of hydrogen-bond acceptors (Lipinski definition) is 7. The third-order valence-electron chi connectivity index (χ3n) is 7.80. The number of non-ortho nitro benzene ring substituents is 1. The Hall–Kier alpha value is -3.82. The molecular formula is C29H24ClN3O5S. The molecule has 1 saturated carbocycles. The number of benzene rings is 4. The average Bonchev–Trinajstić information content (AvgIpc) is 3.27. The molecule has 1 aliphatic carbocycles. The zero-order valence-electron chi connectivity index (χ0n) is 20.8. The predicted octanol–water partition coefficient (Wildman–Crippen LogP) is 7.70. The minimum Gasteiger partial charge on any atom is -0.494 e. The Balaban J connectivity index is 1.50. The van der Waals surface area contributed by atoms with Gasteiger partial charge in [0.05, 0.1) is 45.0 Å². The summed E-state index contributed by atoms with van der Waals surface area (Å²) in [5.74, 6) is 0.139. The number of ether oxygens (including phenoxy) is 1. The Labute approximate surface area is 233 Å². The van der Waals surface area contributed by atoms with Crippen LogP contribution in [0.25, 0.3) is 10.8 Å². The van der Waals surface area contributed by atoms with E-state index in [1.165, 1.54) is 31.0 Å². The summed E-state index contributed by atoms with van der Waals surface area (Å²) < 4.78 is 5.63. The van der Waals surface area contributed by atoms with Gasteiger partial charge in [-0.05, 0) is 40.3 Å². The van der Waals surface area contributed by atoms with Gasteiger partial charge < -0.3 is 10.1 Å². The number of rotatable bonds is 6. The number of nitro benzene ring substituents is 2. The van der Waals surface area contributed by atoms with Crippen LogP contribution in [0.15, 0.2) is 83.8 Å². The number of hydrogen-bond donors (Lipinski definition) is 1. The molecule has 4 aromatic carbocycles. The van der Waals surface area contributed by atoms with E-state index in [1.807, 2.05) is 18.2 Å². The molecule has 1 heterocycles. The van der Waals surface area contributed by atoms with Crippen molar-refractivity contribution in [2.75, 3.05) is 12.4 Å². The summed E-state index contributed by atoms with van der Waals surface area (Å²) >= 11 is 8.64. The molecule has 1 fully saturated rings. The van der Waals surface area contributed by atoms with Crippen molar-refractivity contribution in [1.29, 1.82) is 0 Å². The minimum atomic E-state index is -0.426. The summed E-state index contributed by atoms with van der Waals surface area (Å²) in [5, 5.41) is 28.8. The van der Waals surface area contributed by atoms with Crippen molar-refractivity contribution in [2.45, 2.75) is 33.9 Å². The van der Waals surface area contributed by atoms with E-state index in [0.29, 0.717) is 22.8 Å². The van der Waals surface area contributed by atoms with Gasteiger partial charge in [0.2, 0.25) is 0 Å². The minimum absolute atomic E-state index is 0.0159. The van der Waals surface area contributed by atoms with E-state index in [1.54, 1.807) is 24.3 Å². The molecule has 1 aliphatic heterocycles. The number of thioether (sulfide) groups is 1. The molecule has 8 nitrogen and oxygen atoms in total. The lowest BCUT2D eigenvalue weighted by molar-refractivity contribution is -0.387. The standard InChI is InChI=1S/C29H24ClN3O5S/c1-38-23-14-17(32(34)35)13-20-26-21(15-25(27(26)30)39-24-12-5-4-11-22(24)33(36)37)28(31-29(20)23)19-10-6-8-16-7-2-3-9-18(16)19/h2-14,21,25-28,31H,15H2,1H3/t21-,25+,26-,27+,28-/m1/s1. The maximum absolute atomic E-state index is 11.8. The summed E-state index contributed by atoms with van der Waals surface area (Å²) in [6, 6.07) is 23.9. The largest absolute Gasteiger partial charge is 0.494 e. The molecular weight excluding hydrogens is 538 g/mol. The fraction of sp³-hybridized carbons (Fsp3) is 0.241. The van der Waals surface area contributed by atoms with Crippen LogP contribution in [0.5, 0.6) is 5.75 Å². The third kappa shape index (κ3) is 4.35. The van der Waals surface area contributed by atoms with E-state index >= 15 is 0 Å². The zero-order valence-corrected chi connectivity index (χ0v) is 22.4. The highest BCUT2D eigenvalue weighted by molar-refractivity contribution is 8.00. The summed E-state index contributed by atoms with van der Waals surface area (Å²) in [4.78, 5) is 23.2. The van der Waals surface area contributed by atoms with Gasteiger partial charge in [0.25, 0.3) is 11.4 Å². The Kier molecular flexibility index (Phi) is 6.56. The lowest BCUT2D eigenvalue weighted by Crippen LogP contribution is -2.31. The zero-order chi connectivity index (χ0) is 27.3. The Morgan fingerprint density at radius 2 is 1.69 bits per heavy atom. The molecule has 0 saturated heterocycles. The normalized spacial score (nSPS) is 23.5. The van der Waals surface area contributed by atoms with Crippen molar-refractivity contribution in [3.8, 4) is 5.75 Å². The predicted molar refractivity (Wildman–Crippen MR) is 153 cm³/mol. The van der Waals surface area contributed by atoms with E-state index in [-0.39, 0.29) is 39.4 Å². The molecule has 0 spiro atoms. The maximum Gasteiger partial charge on any atom is 0.282 e. The highest BCUT2D eigenvalue weighted by Gasteiger charge is 2.51. The van der Waals surface area contributed by atoms with Crippen molar-refractivity contribution in [2.24, 2.45) is 5.92 Å². The first-order valence-corrected chi connectivity index (χ1v) is 13.8. The third-order valence-corrected chi connectivity index (χ3v) is 9.91. The van der Waals surface area contributed by atoms with E-state index in [0.717, 1.165) is 21.9 Å². The molecule has 0 unspecified atom stereocenters. The molecule has 10 heteroatoms. The first kappa shape index (κ1) is 25.5. The quantitative estimate of drug-likeness (QED) is 0.146. The van der Waals surface area contributed by atoms with Crippen LogP contribution in [0, 0.1) is 26.1 Å². The lowest BCUT2D eigenvalue weighted by Gasteiger charge is -2.39. The number of para-hydroxylation sites is 1. The molecule has 5 atom stereocenters. The van der Waals surface area contributed by atoms with Gasteiger partial charge in [0.1, 0.15) is 5.75 Å². The summed E-state index contributed by atoms with van der Waals surface area (Å²) in [7, 11) is 1.50. The maximum atomic E-state index is 11.8. The highest BCUT2D eigenvalue weighted by Crippen LogP contribution is 2.60. The van der Waals surface area contributed by atoms with Crippen LogP contribution in [-0.4, -0.2) is 27.6 Å². The van der Waals surface area contributed by atoms with Crippen molar-refractivity contribution in [3.05, 3.63) is 110 Å². The lowest BCUT2D eigenvalue weighted by atomic mass is 9.76. The van der Waals surface area contributed by atoms with E-state index in [9.17, 15) is 20.2 Å². The molecule has 6 rings (SSSR count). The molecule has 0 radical (unpaired) electrons. The average molecular weight is 562 g/mol.